The molecule has 2 N–H and O–H groups in total. The lowest BCUT2D eigenvalue weighted by Gasteiger charge is -2.23. The maximum atomic E-state index is 12.5. The van der Waals surface area contributed by atoms with E-state index in [0.717, 1.165) is 29.4 Å². The highest BCUT2D eigenvalue weighted by Crippen LogP contribution is 2.21. The predicted octanol–water partition coefficient (Wildman–Crippen LogP) is 1.61. The van der Waals surface area contributed by atoms with Gasteiger partial charge >= 0.3 is 0 Å². The fourth-order valence-electron chi connectivity index (χ4n) is 2.97. The molecule has 7 heteroatoms. The Labute approximate surface area is 130 Å². The molecule has 0 unspecified atom stereocenters. The molecule has 0 radical (unpaired) electrons. The van der Waals surface area contributed by atoms with Gasteiger partial charge in [0, 0.05) is 30.9 Å². The first-order valence-electron chi connectivity index (χ1n) is 7.42. The minimum atomic E-state index is -3.48. The Morgan fingerprint density at radius 2 is 2.23 bits per heavy atom. The van der Waals surface area contributed by atoms with Crippen LogP contribution in [-0.2, 0) is 21.5 Å². The van der Waals surface area contributed by atoms with E-state index in [2.05, 4.69) is 9.71 Å². The Kier molecular flexibility index (Phi) is 4.49. The summed E-state index contributed by atoms with van der Waals surface area (Å²) in [5, 5.41) is 1.08. The number of benzene rings is 1. The van der Waals surface area contributed by atoms with Crippen molar-refractivity contribution < 1.29 is 13.2 Å². The van der Waals surface area contributed by atoms with E-state index in [1.165, 1.54) is 4.31 Å². The minimum absolute atomic E-state index is 0.0646. The van der Waals surface area contributed by atoms with Crippen LogP contribution < -0.4 is 4.72 Å². The highest BCUT2D eigenvalue weighted by Gasteiger charge is 2.33. The number of rotatable bonds is 6. The topological polar surface area (TPSA) is 74.4 Å². The molecule has 2 aromatic rings. The first-order valence-corrected chi connectivity index (χ1v) is 8.86. The van der Waals surface area contributed by atoms with Crippen molar-refractivity contribution >= 4 is 21.1 Å². The summed E-state index contributed by atoms with van der Waals surface area (Å²) in [5.74, 6) is 0. The maximum absolute atomic E-state index is 12.5. The van der Waals surface area contributed by atoms with Gasteiger partial charge in [0.25, 0.3) is 10.2 Å². The zero-order valence-electron chi connectivity index (χ0n) is 12.6. The van der Waals surface area contributed by atoms with E-state index in [4.69, 9.17) is 4.74 Å². The summed E-state index contributed by atoms with van der Waals surface area (Å²) in [7, 11) is -1.89. The number of aromatic nitrogens is 1. The van der Waals surface area contributed by atoms with Crippen LogP contribution in [0.5, 0.6) is 0 Å². The van der Waals surface area contributed by atoms with Crippen LogP contribution in [0, 0.1) is 0 Å². The number of aromatic amines is 1. The third-order valence-corrected chi connectivity index (χ3v) is 5.63. The highest BCUT2D eigenvalue weighted by atomic mass is 32.2. The van der Waals surface area contributed by atoms with Crippen LogP contribution in [0.25, 0.3) is 10.9 Å². The summed E-state index contributed by atoms with van der Waals surface area (Å²) in [6, 6.07) is 9.79. The third-order valence-electron chi connectivity index (χ3n) is 4.02. The molecule has 1 aliphatic rings. The first kappa shape index (κ1) is 15.5. The van der Waals surface area contributed by atoms with Crippen molar-refractivity contribution in [2.24, 2.45) is 0 Å². The van der Waals surface area contributed by atoms with Crippen LogP contribution >= 0.6 is 0 Å². The first-order chi connectivity index (χ1) is 10.6. The summed E-state index contributed by atoms with van der Waals surface area (Å²) in [6.07, 6.45) is 1.72. The molecule has 1 saturated heterocycles. The zero-order chi connectivity index (χ0) is 15.6. The highest BCUT2D eigenvalue weighted by molar-refractivity contribution is 7.87. The molecule has 22 heavy (non-hydrogen) atoms. The van der Waals surface area contributed by atoms with Gasteiger partial charge in [-0.25, -0.2) is 0 Å². The molecule has 0 bridgehead atoms. The van der Waals surface area contributed by atoms with Crippen molar-refractivity contribution in [3.8, 4) is 0 Å². The summed E-state index contributed by atoms with van der Waals surface area (Å²) in [4.78, 5) is 3.22. The number of fused-ring (bicyclic) bond motifs is 1. The van der Waals surface area contributed by atoms with Gasteiger partial charge in [0.15, 0.2) is 0 Å². The van der Waals surface area contributed by atoms with Crippen LogP contribution in [0.1, 0.15) is 18.5 Å². The molecule has 120 valence electrons. The van der Waals surface area contributed by atoms with E-state index in [1.54, 1.807) is 7.11 Å². The van der Waals surface area contributed by atoms with Gasteiger partial charge < -0.3 is 9.72 Å². The predicted molar refractivity (Wildman–Crippen MR) is 85.7 cm³/mol. The van der Waals surface area contributed by atoms with Gasteiger partial charge in [-0.2, -0.15) is 17.4 Å². The number of H-pyrrole nitrogens is 1. The molecule has 0 spiro atoms. The number of nitrogens with zero attached hydrogens (tertiary/aromatic N) is 1. The van der Waals surface area contributed by atoms with E-state index in [0.29, 0.717) is 13.2 Å². The van der Waals surface area contributed by atoms with Gasteiger partial charge in [0.05, 0.1) is 13.2 Å². The second-order valence-corrected chi connectivity index (χ2v) is 7.28. The Balaban J connectivity index is 1.69. The van der Waals surface area contributed by atoms with Crippen molar-refractivity contribution in [2.45, 2.75) is 25.4 Å². The molecule has 1 aromatic carbocycles. The van der Waals surface area contributed by atoms with Gasteiger partial charge in [-0.05, 0) is 30.4 Å². The number of para-hydroxylation sites is 1. The largest absolute Gasteiger partial charge is 0.383 e. The molecule has 2 heterocycles. The maximum Gasteiger partial charge on any atom is 0.280 e. The van der Waals surface area contributed by atoms with Gasteiger partial charge in [-0.15, -0.1) is 0 Å². The monoisotopic (exact) mass is 323 g/mol. The number of methoxy groups -OCH3 is 1. The Hall–Kier alpha value is -1.41. The summed E-state index contributed by atoms with van der Waals surface area (Å²) >= 11 is 0. The van der Waals surface area contributed by atoms with Crippen molar-refractivity contribution in [1.82, 2.24) is 14.0 Å². The Morgan fingerprint density at radius 3 is 3.00 bits per heavy atom. The summed E-state index contributed by atoms with van der Waals surface area (Å²) in [5.41, 5.74) is 1.86. The van der Waals surface area contributed by atoms with Crippen LogP contribution in [0.2, 0.25) is 0 Å². The molecule has 1 aliphatic heterocycles. The Bertz CT molecular complexity index is 708. The average molecular weight is 323 g/mol. The van der Waals surface area contributed by atoms with E-state index in [1.807, 2.05) is 30.3 Å². The van der Waals surface area contributed by atoms with Gasteiger partial charge in [-0.1, -0.05) is 18.2 Å². The molecule has 0 saturated carbocycles. The van der Waals surface area contributed by atoms with Gasteiger partial charge in [0.2, 0.25) is 0 Å². The molecule has 3 rings (SSSR count). The standard InChI is InChI=1S/C15H21N3O3S/c1-21-11-14-6-4-8-18(14)22(19,20)16-10-13-9-12-5-2-3-7-15(12)17-13/h2-3,5,7,9,14,16-17H,4,6,8,10-11H2,1H3/t14-/m1/s1. The molecular weight excluding hydrogens is 302 g/mol. The van der Waals surface area contributed by atoms with Crippen molar-refractivity contribution in [3.63, 3.8) is 0 Å². The molecule has 0 aliphatic carbocycles. The number of hydrogen-bond acceptors (Lipinski definition) is 3. The average Bonchev–Trinajstić information content (AvgIpc) is 3.12. The fraction of sp³-hybridized carbons (Fsp3) is 0.467. The summed E-state index contributed by atoms with van der Waals surface area (Å²) < 4.78 is 34.2. The molecule has 1 aromatic heterocycles. The number of ether oxygens (including phenoxy) is 1. The summed E-state index contributed by atoms with van der Waals surface area (Å²) in [6.45, 7) is 1.25. The second-order valence-electron chi connectivity index (χ2n) is 5.57. The van der Waals surface area contributed by atoms with Crippen LogP contribution in [0.4, 0.5) is 0 Å². The van der Waals surface area contributed by atoms with Crippen LogP contribution in [-0.4, -0.2) is 44.0 Å². The van der Waals surface area contributed by atoms with Gasteiger partial charge in [0.1, 0.15) is 0 Å². The van der Waals surface area contributed by atoms with Crippen molar-refractivity contribution in [2.75, 3.05) is 20.3 Å². The minimum Gasteiger partial charge on any atom is -0.383 e. The molecule has 0 amide bonds. The van der Waals surface area contributed by atoms with Crippen LogP contribution in [0.3, 0.4) is 0 Å². The van der Waals surface area contributed by atoms with E-state index in [9.17, 15) is 8.42 Å². The van der Waals surface area contributed by atoms with Crippen molar-refractivity contribution in [3.05, 3.63) is 36.0 Å². The fourth-order valence-corrected chi connectivity index (χ4v) is 4.40. The third kappa shape index (κ3) is 3.17. The quantitative estimate of drug-likeness (QED) is 0.848. The van der Waals surface area contributed by atoms with E-state index < -0.39 is 10.2 Å². The second kappa shape index (κ2) is 6.37. The van der Waals surface area contributed by atoms with Crippen molar-refractivity contribution in [1.29, 1.82) is 0 Å². The number of hydrogen-bond donors (Lipinski definition) is 2. The van der Waals surface area contributed by atoms with E-state index >= 15 is 0 Å². The lowest BCUT2D eigenvalue weighted by Crippen LogP contribution is -2.44. The lowest BCUT2D eigenvalue weighted by atomic mass is 10.2. The molecule has 6 nitrogen and oxygen atoms in total. The number of nitrogens with one attached hydrogen (secondary N) is 2. The molecular formula is C15H21N3O3S. The smallest absolute Gasteiger partial charge is 0.280 e. The zero-order valence-corrected chi connectivity index (χ0v) is 13.4. The van der Waals surface area contributed by atoms with Gasteiger partial charge in [-0.3, -0.25) is 0 Å². The molecule has 1 fully saturated rings. The Morgan fingerprint density at radius 1 is 1.41 bits per heavy atom. The van der Waals surface area contributed by atoms with Crippen LogP contribution in [0.15, 0.2) is 30.3 Å². The normalized spacial score (nSPS) is 20.0. The SMILES string of the molecule is COC[C@H]1CCCN1S(=O)(=O)NCc1cc2ccccc2[nH]1. The lowest BCUT2D eigenvalue weighted by molar-refractivity contribution is 0.148. The van der Waals surface area contributed by atoms with E-state index in [-0.39, 0.29) is 12.6 Å². The molecule has 1 atom stereocenters.